The summed E-state index contributed by atoms with van der Waals surface area (Å²) in [7, 11) is 0. The van der Waals surface area contributed by atoms with Gasteiger partial charge in [-0.05, 0) is 43.4 Å². The number of benzene rings is 1. The second kappa shape index (κ2) is 6.61. The molecule has 0 saturated heterocycles. The van der Waals surface area contributed by atoms with E-state index in [9.17, 15) is 0 Å². The Bertz CT molecular complexity index is 468. The molecule has 3 nitrogen and oxygen atoms in total. The van der Waals surface area contributed by atoms with Gasteiger partial charge in [-0.15, -0.1) is 5.10 Å². The Morgan fingerprint density at radius 1 is 1.39 bits per heavy atom. The molecule has 0 fully saturated rings. The van der Waals surface area contributed by atoms with Crippen LogP contribution in [0.1, 0.15) is 35.4 Å². The number of aromatic nitrogens is 2. The van der Waals surface area contributed by atoms with Crippen molar-refractivity contribution in [3.63, 3.8) is 0 Å². The molecule has 1 unspecified atom stereocenters. The fourth-order valence-electron chi connectivity index (χ4n) is 2.00. The van der Waals surface area contributed by atoms with Crippen LogP contribution in [0.25, 0.3) is 0 Å². The van der Waals surface area contributed by atoms with Gasteiger partial charge in [0.2, 0.25) is 0 Å². The Balaban J connectivity index is 2.10. The highest BCUT2D eigenvalue weighted by atomic mass is 32.1. The van der Waals surface area contributed by atoms with Crippen molar-refractivity contribution < 1.29 is 0 Å². The predicted molar refractivity (Wildman–Crippen MR) is 75.8 cm³/mol. The van der Waals surface area contributed by atoms with Gasteiger partial charge in [-0.3, -0.25) is 0 Å². The molecule has 18 heavy (non-hydrogen) atoms. The molecule has 0 aliphatic heterocycles. The Morgan fingerprint density at radius 3 is 2.94 bits per heavy atom. The van der Waals surface area contributed by atoms with Gasteiger partial charge >= 0.3 is 0 Å². The van der Waals surface area contributed by atoms with Crippen molar-refractivity contribution in [3.8, 4) is 0 Å². The van der Waals surface area contributed by atoms with Crippen molar-refractivity contribution >= 4 is 11.5 Å². The standard InChI is InChI=1S/C14H19N3S/c1-3-7-15-13(14-10-16-17-18-14)9-12-6-4-5-11(2)8-12/h4-6,8,10,13,15H,3,7,9H2,1-2H3. The van der Waals surface area contributed by atoms with E-state index in [2.05, 4.69) is 53.0 Å². The first-order valence-electron chi connectivity index (χ1n) is 6.35. The van der Waals surface area contributed by atoms with Gasteiger partial charge in [0.1, 0.15) is 0 Å². The van der Waals surface area contributed by atoms with Crippen LogP contribution >= 0.6 is 11.5 Å². The summed E-state index contributed by atoms with van der Waals surface area (Å²) in [5.74, 6) is 0. The molecule has 0 amide bonds. The van der Waals surface area contributed by atoms with E-state index in [1.165, 1.54) is 27.5 Å². The van der Waals surface area contributed by atoms with Gasteiger partial charge < -0.3 is 5.32 Å². The van der Waals surface area contributed by atoms with Crippen molar-refractivity contribution in [2.75, 3.05) is 6.54 Å². The van der Waals surface area contributed by atoms with Crippen LogP contribution in [0.5, 0.6) is 0 Å². The minimum absolute atomic E-state index is 0.326. The zero-order valence-corrected chi connectivity index (χ0v) is 11.7. The summed E-state index contributed by atoms with van der Waals surface area (Å²) in [6.45, 7) is 5.34. The average molecular weight is 261 g/mol. The topological polar surface area (TPSA) is 37.8 Å². The number of nitrogens with one attached hydrogen (secondary N) is 1. The van der Waals surface area contributed by atoms with Crippen molar-refractivity contribution in [1.82, 2.24) is 14.9 Å². The maximum absolute atomic E-state index is 3.96. The molecule has 0 saturated carbocycles. The summed E-state index contributed by atoms with van der Waals surface area (Å²) >= 11 is 1.48. The monoisotopic (exact) mass is 261 g/mol. The number of hydrogen-bond acceptors (Lipinski definition) is 4. The van der Waals surface area contributed by atoms with Gasteiger partial charge in [0, 0.05) is 6.04 Å². The second-order valence-electron chi connectivity index (χ2n) is 4.52. The van der Waals surface area contributed by atoms with E-state index in [4.69, 9.17) is 0 Å². The molecule has 0 aliphatic carbocycles. The van der Waals surface area contributed by atoms with Crippen LogP contribution in [0.3, 0.4) is 0 Å². The SMILES string of the molecule is CCCNC(Cc1cccc(C)c1)c1cnns1. The Morgan fingerprint density at radius 2 is 2.28 bits per heavy atom. The zero-order valence-electron chi connectivity index (χ0n) is 10.9. The van der Waals surface area contributed by atoms with Crippen molar-refractivity contribution in [2.24, 2.45) is 0 Å². The smallest absolute Gasteiger partial charge is 0.0669 e. The molecule has 1 aromatic carbocycles. The first-order valence-corrected chi connectivity index (χ1v) is 7.13. The lowest BCUT2D eigenvalue weighted by molar-refractivity contribution is 0.536. The lowest BCUT2D eigenvalue weighted by Gasteiger charge is -2.16. The second-order valence-corrected chi connectivity index (χ2v) is 5.34. The summed E-state index contributed by atoms with van der Waals surface area (Å²) in [4.78, 5) is 1.21. The summed E-state index contributed by atoms with van der Waals surface area (Å²) in [5, 5.41) is 7.51. The average Bonchev–Trinajstić information content (AvgIpc) is 2.88. The Kier molecular flexibility index (Phi) is 4.84. The number of rotatable bonds is 6. The first-order chi connectivity index (χ1) is 8.79. The highest BCUT2D eigenvalue weighted by Gasteiger charge is 2.13. The Labute approximate surface area is 112 Å². The van der Waals surface area contributed by atoms with Gasteiger partial charge in [-0.1, -0.05) is 41.2 Å². The van der Waals surface area contributed by atoms with Gasteiger partial charge in [-0.2, -0.15) is 0 Å². The molecule has 0 aliphatic rings. The van der Waals surface area contributed by atoms with E-state index in [1.807, 2.05) is 6.20 Å². The van der Waals surface area contributed by atoms with E-state index in [0.717, 1.165) is 19.4 Å². The van der Waals surface area contributed by atoms with Gasteiger partial charge in [0.05, 0.1) is 11.1 Å². The number of aryl methyl sites for hydroxylation is 1. The highest BCUT2D eigenvalue weighted by molar-refractivity contribution is 7.05. The van der Waals surface area contributed by atoms with E-state index >= 15 is 0 Å². The summed E-state index contributed by atoms with van der Waals surface area (Å²) < 4.78 is 3.96. The zero-order chi connectivity index (χ0) is 12.8. The molecule has 1 heterocycles. The molecule has 0 radical (unpaired) electrons. The summed E-state index contributed by atoms with van der Waals surface area (Å²) in [6.07, 6.45) is 4.00. The van der Waals surface area contributed by atoms with Crippen LogP contribution in [0.2, 0.25) is 0 Å². The van der Waals surface area contributed by atoms with Crippen molar-refractivity contribution in [1.29, 1.82) is 0 Å². The van der Waals surface area contributed by atoms with Gasteiger partial charge in [0.25, 0.3) is 0 Å². The molecule has 1 aromatic heterocycles. The van der Waals surface area contributed by atoms with Crippen LogP contribution in [0.4, 0.5) is 0 Å². The molecule has 0 spiro atoms. The normalized spacial score (nSPS) is 12.6. The lowest BCUT2D eigenvalue weighted by atomic mass is 10.0. The predicted octanol–water partition coefficient (Wildman–Crippen LogP) is 3.13. The highest BCUT2D eigenvalue weighted by Crippen LogP contribution is 2.20. The van der Waals surface area contributed by atoms with Gasteiger partial charge in [0.15, 0.2) is 0 Å². The van der Waals surface area contributed by atoms with Crippen molar-refractivity contribution in [3.05, 3.63) is 46.5 Å². The largest absolute Gasteiger partial charge is 0.309 e. The van der Waals surface area contributed by atoms with E-state index < -0.39 is 0 Å². The molecule has 2 aromatic rings. The third-order valence-electron chi connectivity index (χ3n) is 2.88. The number of nitrogens with zero attached hydrogens (tertiary/aromatic N) is 2. The van der Waals surface area contributed by atoms with Crippen LogP contribution in [0, 0.1) is 6.92 Å². The lowest BCUT2D eigenvalue weighted by Crippen LogP contribution is -2.23. The van der Waals surface area contributed by atoms with Crippen LogP contribution in [-0.2, 0) is 6.42 Å². The minimum atomic E-state index is 0.326. The quantitative estimate of drug-likeness (QED) is 0.868. The summed E-state index contributed by atoms with van der Waals surface area (Å²) in [5.41, 5.74) is 2.67. The molecular weight excluding hydrogens is 242 g/mol. The fraction of sp³-hybridized carbons (Fsp3) is 0.429. The van der Waals surface area contributed by atoms with E-state index in [-0.39, 0.29) is 0 Å². The van der Waals surface area contributed by atoms with E-state index in [1.54, 1.807) is 0 Å². The Hall–Kier alpha value is -1.26. The van der Waals surface area contributed by atoms with Gasteiger partial charge in [-0.25, -0.2) is 0 Å². The first kappa shape index (κ1) is 13.2. The van der Waals surface area contributed by atoms with Crippen LogP contribution in [0.15, 0.2) is 30.5 Å². The van der Waals surface area contributed by atoms with Crippen LogP contribution < -0.4 is 5.32 Å². The minimum Gasteiger partial charge on any atom is -0.309 e. The fourth-order valence-corrected chi connectivity index (χ4v) is 2.57. The molecular formula is C14H19N3S. The molecule has 4 heteroatoms. The number of hydrogen-bond donors (Lipinski definition) is 1. The van der Waals surface area contributed by atoms with Crippen LogP contribution in [-0.4, -0.2) is 16.1 Å². The van der Waals surface area contributed by atoms with Crippen molar-refractivity contribution in [2.45, 2.75) is 32.7 Å². The molecule has 2 rings (SSSR count). The molecule has 0 bridgehead atoms. The molecule has 96 valence electrons. The third kappa shape index (κ3) is 3.62. The summed E-state index contributed by atoms with van der Waals surface area (Å²) in [6, 6.07) is 9.00. The maximum Gasteiger partial charge on any atom is 0.0669 e. The third-order valence-corrected chi connectivity index (χ3v) is 3.66. The maximum atomic E-state index is 3.96. The molecule has 1 atom stereocenters. The van der Waals surface area contributed by atoms with E-state index in [0.29, 0.717) is 6.04 Å². The molecule has 1 N–H and O–H groups in total.